The number of aryl methyl sites for hydroxylation is 2. The van der Waals surface area contributed by atoms with E-state index in [2.05, 4.69) is 66.7 Å². The SMILES string of the molecule is Cl.ClCCn1ncc2ncnc(Cl)c21.NCCc1cnc(NC(=O)Nc2cccc(Cl)c2)s1.O=C(Nc1cccc(Cl)c1)Nc1ncc(CCNc2ncnc3cnn(CCCl)c23)s1. The van der Waals surface area contributed by atoms with Crippen molar-refractivity contribution in [3.05, 3.63) is 111 Å². The molecule has 4 amide bonds. The third-order valence-electron chi connectivity index (χ3n) is 8.17. The van der Waals surface area contributed by atoms with Crippen molar-refractivity contribution < 1.29 is 9.59 Å². The lowest BCUT2D eigenvalue weighted by atomic mass is 10.3. The number of nitrogens with two attached hydrogens (primary N) is 1. The van der Waals surface area contributed by atoms with E-state index in [1.807, 2.05) is 0 Å². The van der Waals surface area contributed by atoms with Crippen molar-refractivity contribution in [3.8, 4) is 0 Å². The van der Waals surface area contributed by atoms with Crippen LogP contribution in [0.4, 0.5) is 37.0 Å². The van der Waals surface area contributed by atoms with Crippen LogP contribution in [0.5, 0.6) is 0 Å². The Balaban J connectivity index is 0.000000198. The molecular weight excluding hydrogens is 989 g/mol. The molecule has 0 unspecified atom stereocenters. The molecule has 8 rings (SSSR count). The molecule has 0 bridgehead atoms. The highest BCUT2D eigenvalue weighted by Crippen LogP contribution is 2.23. The van der Waals surface area contributed by atoms with E-state index < -0.39 is 0 Å². The van der Waals surface area contributed by atoms with Crippen molar-refractivity contribution >= 4 is 155 Å². The van der Waals surface area contributed by atoms with E-state index in [4.69, 9.17) is 63.7 Å². The molecular formula is C38H38Cl6N16O2S2. The average molecular weight is 1030 g/mol. The predicted octanol–water partition coefficient (Wildman–Crippen LogP) is 9.56. The molecule has 0 aliphatic carbocycles. The molecule has 6 heterocycles. The number of carbonyl (C=O) groups excluding carboxylic acids is 2. The molecule has 7 N–H and O–H groups in total. The minimum absolute atomic E-state index is 0. The molecule has 0 spiro atoms. The summed E-state index contributed by atoms with van der Waals surface area (Å²) in [6, 6.07) is 13.1. The minimum atomic E-state index is -0.378. The van der Waals surface area contributed by atoms with E-state index in [1.165, 1.54) is 35.3 Å². The standard InChI is InChI=1S/C19H18Cl2N8OS.C12H13ClN4OS.C7H6Cl2N4.ClH/c20-5-7-29-16-15(10-26-29)24-11-25-17(16)22-6-4-14-9-23-19(31-14)28-18(30)27-13-3-1-2-12(21)8-13;13-8-2-1-3-9(6-8)16-11(18)17-12-15-7-10(19-12)4-5-14;8-1-2-13-6-5(3-12-13)10-4-11-7(6)9;/h1-3,8-11H,4-7H2,(H,22,24,25)(H2,23,27,28,30);1-3,6-7H,4-5,14H2,(H2,15,16,17,18);3-4H,1-2H2;1H. The minimum Gasteiger partial charge on any atom is -0.368 e. The summed E-state index contributed by atoms with van der Waals surface area (Å²) in [5.74, 6) is 1.64. The van der Waals surface area contributed by atoms with Gasteiger partial charge in [0, 0.05) is 68.3 Å². The number of urea groups is 2. The maximum absolute atomic E-state index is 12.1. The second kappa shape index (κ2) is 25.4. The van der Waals surface area contributed by atoms with Gasteiger partial charge in [0.2, 0.25) is 0 Å². The number of nitrogens with one attached hydrogen (secondary N) is 5. The fourth-order valence-electron chi connectivity index (χ4n) is 5.50. The number of halogens is 6. The highest BCUT2D eigenvalue weighted by atomic mass is 35.5. The summed E-state index contributed by atoms with van der Waals surface area (Å²) >= 11 is 31.9. The number of carbonyl (C=O) groups is 2. The smallest absolute Gasteiger partial charge is 0.325 e. The molecule has 64 heavy (non-hydrogen) atoms. The first-order chi connectivity index (χ1) is 30.6. The zero-order valence-electron chi connectivity index (χ0n) is 33.2. The molecule has 18 nitrogen and oxygen atoms in total. The molecule has 2 aromatic carbocycles. The highest BCUT2D eigenvalue weighted by Gasteiger charge is 2.12. The molecule has 0 saturated carbocycles. The van der Waals surface area contributed by atoms with Crippen LogP contribution in [-0.2, 0) is 25.9 Å². The molecule has 336 valence electrons. The Bertz CT molecular complexity index is 2750. The lowest BCUT2D eigenvalue weighted by molar-refractivity contribution is 0.261. The van der Waals surface area contributed by atoms with Crippen LogP contribution < -0.4 is 32.3 Å². The van der Waals surface area contributed by atoms with Crippen molar-refractivity contribution in [1.29, 1.82) is 0 Å². The molecule has 0 saturated heterocycles. The predicted molar refractivity (Wildman–Crippen MR) is 262 cm³/mol. The van der Waals surface area contributed by atoms with E-state index >= 15 is 0 Å². The van der Waals surface area contributed by atoms with Gasteiger partial charge in [-0.05, 0) is 49.4 Å². The summed E-state index contributed by atoms with van der Waals surface area (Å²) in [5, 5.41) is 25.1. The largest absolute Gasteiger partial charge is 0.368 e. The number of thiazole rings is 2. The Kier molecular flexibility index (Phi) is 19.8. The second-order valence-corrected chi connectivity index (χ2v) is 16.8. The van der Waals surface area contributed by atoms with Crippen molar-refractivity contribution in [2.45, 2.75) is 25.9 Å². The van der Waals surface area contributed by atoms with E-state index in [1.54, 1.807) is 82.7 Å². The van der Waals surface area contributed by atoms with Gasteiger partial charge in [0.05, 0.1) is 25.5 Å². The van der Waals surface area contributed by atoms with Gasteiger partial charge >= 0.3 is 12.1 Å². The van der Waals surface area contributed by atoms with E-state index in [9.17, 15) is 9.59 Å². The summed E-state index contributed by atoms with van der Waals surface area (Å²) < 4.78 is 3.49. The third-order valence-corrected chi connectivity index (χ3v) is 11.2. The number of benzene rings is 2. The molecule has 0 atom stereocenters. The molecule has 0 radical (unpaired) electrons. The Morgan fingerprint density at radius 2 is 1.16 bits per heavy atom. The van der Waals surface area contributed by atoms with Crippen LogP contribution in [0, 0.1) is 0 Å². The summed E-state index contributed by atoms with van der Waals surface area (Å²) in [6.45, 7) is 2.39. The summed E-state index contributed by atoms with van der Waals surface area (Å²) in [6.07, 6.45) is 11.2. The normalized spacial score (nSPS) is 10.5. The van der Waals surface area contributed by atoms with Crippen LogP contribution in [0.2, 0.25) is 15.2 Å². The number of hydrogen-bond donors (Lipinski definition) is 6. The van der Waals surface area contributed by atoms with Crippen molar-refractivity contribution in [1.82, 2.24) is 49.5 Å². The summed E-state index contributed by atoms with van der Waals surface area (Å²) in [5.41, 5.74) is 9.76. The van der Waals surface area contributed by atoms with Crippen LogP contribution >= 0.6 is 93.1 Å². The van der Waals surface area contributed by atoms with Gasteiger partial charge in [-0.15, -0.1) is 58.3 Å². The molecule has 0 aliphatic rings. The number of amides is 4. The number of rotatable bonds is 14. The number of aromatic nitrogens is 10. The first-order valence-corrected chi connectivity index (χ1v) is 22.6. The maximum Gasteiger partial charge on any atom is 0.325 e. The highest BCUT2D eigenvalue weighted by molar-refractivity contribution is 7.16. The van der Waals surface area contributed by atoms with Gasteiger partial charge < -0.3 is 21.7 Å². The Morgan fingerprint density at radius 1 is 0.641 bits per heavy atom. The van der Waals surface area contributed by atoms with E-state index in [-0.39, 0.29) is 24.5 Å². The van der Waals surface area contributed by atoms with Crippen LogP contribution in [0.15, 0.2) is 86.0 Å². The van der Waals surface area contributed by atoms with Crippen molar-refractivity contribution in [2.75, 3.05) is 51.4 Å². The lowest BCUT2D eigenvalue weighted by Gasteiger charge is -2.08. The first-order valence-electron chi connectivity index (χ1n) is 18.7. The Hall–Kier alpha value is -5.16. The van der Waals surface area contributed by atoms with E-state index in [0.717, 1.165) is 38.2 Å². The zero-order chi connectivity index (χ0) is 44.6. The monoisotopic (exact) mass is 1020 g/mol. The van der Waals surface area contributed by atoms with Gasteiger partial charge in [0.15, 0.2) is 21.2 Å². The Morgan fingerprint density at radius 3 is 1.69 bits per heavy atom. The quantitative estimate of drug-likeness (QED) is 0.0442. The van der Waals surface area contributed by atoms with Gasteiger partial charge in [-0.3, -0.25) is 20.0 Å². The van der Waals surface area contributed by atoms with Crippen molar-refractivity contribution in [3.63, 3.8) is 0 Å². The zero-order valence-corrected chi connectivity index (χ0v) is 39.4. The van der Waals surface area contributed by atoms with Gasteiger partial charge in [-0.1, -0.05) is 46.9 Å². The maximum atomic E-state index is 12.1. The van der Waals surface area contributed by atoms with Gasteiger partial charge in [0.25, 0.3) is 0 Å². The van der Waals surface area contributed by atoms with Gasteiger partial charge in [0.1, 0.15) is 34.7 Å². The molecule has 8 aromatic rings. The van der Waals surface area contributed by atoms with Crippen LogP contribution in [0.1, 0.15) is 9.75 Å². The molecule has 26 heteroatoms. The van der Waals surface area contributed by atoms with Crippen LogP contribution in [0.25, 0.3) is 22.1 Å². The summed E-state index contributed by atoms with van der Waals surface area (Å²) in [4.78, 5) is 50.8. The molecule has 0 aliphatic heterocycles. The molecule has 6 aromatic heterocycles. The first kappa shape index (κ1) is 49.8. The fourth-order valence-corrected chi connectivity index (χ4v) is 8.07. The number of fused-ring (bicyclic) bond motifs is 2. The number of nitrogens with zero attached hydrogens (tertiary/aromatic N) is 10. The topological polar surface area (TPSA) is 233 Å². The van der Waals surface area contributed by atoms with Gasteiger partial charge in [-0.25, -0.2) is 39.5 Å². The lowest BCUT2D eigenvalue weighted by Crippen LogP contribution is -2.19. The Labute approximate surface area is 405 Å². The van der Waals surface area contributed by atoms with Crippen molar-refractivity contribution in [2.24, 2.45) is 5.73 Å². The fraction of sp³-hybridized carbons (Fsp3) is 0.211. The van der Waals surface area contributed by atoms with Crippen LogP contribution in [0.3, 0.4) is 0 Å². The molecule has 0 fully saturated rings. The summed E-state index contributed by atoms with van der Waals surface area (Å²) in [7, 11) is 0. The third kappa shape index (κ3) is 14.7. The van der Waals surface area contributed by atoms with Crippen LogP contribution in [-0.4, -0.2) is 86.4 Å². The number of anilines is 5. The second-order valence-electron chi connectivity index (χ2n) is 12.6. The van der Waals surface area contributed by atoms with Gasteiger partial charge in [-0.2, -0.15) is 10.2 Å². The van der Waals surface area contributed by atoms with E-state index in [0.29, 0.717) is 87.0 Å². The number of alkyl halides is 2. The average Bonchev–Trinajstić information content (AvgIpc) is 4.08. The number of hydrogen-bond acceptors (Lipinski definition) is 14.